The second kappa shape index (κ2) is 4.37. The number of para-hydroxylation sites is 1. The molecule has 0 bridgehead atoms. The van der Waals surface area contributed by atoms with Crippen molar-refractivity contribution >= 4 is 17.6 Å². The summed E-state index contributed by atoms with van der Waals surface area (Å²) in [5.74, 6) is -0.892. The van der Waals surface area contributed by atoms with Gasteiger partial charge in [0.1, 0.15) is 5.92 Å². The van der Waals surface area contributed by atoms with E-state index in [9.17, 15) is 14.7 Å². The predicted molar refractivity (Wildman–Crippen MR) is 71.1 cm³/mol. The van der Waals surface area contributed by atoms with Gasteiger partial charge in [-0.25, -0.2) is 0 Å². The molecule has 1 saturated carbocycles. The average Bonchev–Trinajstić information content (AvgIpc) is 3.17. The molecule has 0 saturated heterocycles. The van der Waals surface area contributed by atoms with Gasteiger partial charge in [-0.1, -0.05) is 25.1 Å². The lowest BCUT2D eigenvalue weighted by molar-refractivity contribution is -0.138. The van der Waals surface area contributed by atoms with E-state index in [2.05, 4.69) is 0 Å². The van der Waals surface area contributed by atoms with E-state index in [1.807, 2.05) is 31.2 Å². The predicted octanol–water partition coefficient (Wildman–Crippen LogP) is 2.25. The third kappa shape index (κ3) is 2.01. The van der Waals surface area contributed by atoms with E-state index in [1.165, 1.54) is 0 Å². The highest BCUT2D eigenvalue weighted by Crippen LogP contribution is 2.41. The number of nitrogens with zero attached hydrogens (tertiary/aromatic N) is 1. The van der Waals surface area contributed by atoms with Crippen molar-refractivity contribution in [1.82, 2.24) is 0 Å². The quantitative estimate of drug-likeness (QED) is 0.905. The molecule has 2 aliphatic rings. The number of hydrogen-bond donors (Lipinski definition) is 1. The van der Waals surface area contributed by atoms with Crippen molar-refractivity contribution in [2.45, 2.75) is 25.7 Å². The van der Waals surface area contributed by atoms with Crippen molar-refractivity contribution < 1.29 is 14.7 Å². The molecule has 4 nitrogen and oxygen atoms in total. The highest BCUT2D eigenvalue weighted by Gasteiger charge is 2.41. The molecule has 0 spiro atoms. The van der Waals surface area contributed by atoms with Gasteiger partial charge in [-0.15, -0.1) is 0 Å². The topological polar surface area (TPSA) is 57.6 Å². The average molecular weight is 259 g/mol. The summed E-state index contributed by atoms with van der Waals surface area (Å²) in [7, 11) is 0. The van der Waals surface area contributed by atoms with E-state index in [-0.39, 0.29) is 18.4 Å². The summed E-state index contributed by atoms with van der Waals surface area (Å²) in [6, 6.07) is 7.33. The van der Waals surface area contributed by atoms with Crippen LogP contribution in [-0.2, 0) is 9.59 Å². The van der Waals surface area contributed by atoms with Gasteiger partial charge in [0.15, 0.2) is 0 Å². The Morgan fingerprint density at radius 3 is 2.63 bits per heavy atom. The summed E-state index contributed by atoms with van der Waals surface area (Å²) in [5.41, 5.74) is 1.53. The van der Waals surface area contributed by atoms with Crippen LogP contribution in [0.3, 0.4) is 0 Å². The maximum Gasteiger partial charge on any atom is 0.312 e. The van der Waals surface area contributed by atoms with Crippen LogP contribution in [0.4, 0.5) is 5.69 Å². The fraction of sp³-hybridized carbons (Fsp3) is 0.467. The molecule has 0 radical (unpaired) electrons. The van der Waals surface area contributed by atoms with Gasteiger partial charge < -0.3 is 10.0 Å². The number of carbonyl (C=O) groups is 2. The number of hydrogen-bond acceptors (Lipinski definition) is 2. The van der Waals surface area contributed by atoms with E-state index in [1.54, 1.807) is 4.90 Å². The smallest absolute Gasteiger partial charge is 0.312 e. The number of rotatable bonds is 3. The van der Waals surface area contributed by atoms with Crippen molar-refractivity contribution in [3.05, 3.63) is 29.8 Å². The van der Waals surface area contributed by atoms with Gasteiger partial charge in [0, 0.05) is 18.2 Å². The summed E-state index contributed by atoms with van der Waals surface area (Å²) in [4.78, 5) is 25.5. The number of amides is 1. The molecule has 2 atom stereocenters. The van der Waals surface area contributed by atoms with Gasteiger partial charge in [-0.05, 0) is 30.4 Å². The van der Waals surface area contributed by atoms with E-state index in [0.29, 0.717) is 5.92 Å². The molecule has 1 aromatic carbocycles. The highest BCUT2D eigenvalue weighted by atomic mass is 16.4. The SMILES string of the molecule is CC(C(=O)N1CC(C(=O)O)c2ccccc21)C1CC1. The molecule has 1 heterocycles. The Bertz CT molecular complexity index is 536. The molecule has 1 aromatic rings. The number of fused-ring (bicyclic) bond motifs is 1. The lowest BCUT2D eigenvalue weighted by Gasteiger charge is -2.21. The molecule has 1 amide bonds. The van der Waals surface area contributed by atoms with Gasteiger partial charge in [0.25, 0.3) is 0 Å². The maximum absolute atomic E-state index is 12.5. The van der Waals surface area contributed by atoms with Crippen LogP contribution < -0.4 is 4.90 Å². The van der Waals surface area contributed by atoms with E-state index in [0.717, 1.165) is 24.1 Å². The first-order chi connectivity index (χ1) is 9.09. The summed E-state index contributed by atoms with van der Waals surface area (Å²) in [5, 5.41) is 9.28. The van der Waals surface area contributed by atoms with Crippen LogP contribution in [0.1, 0.15) is 31.2 Å². The monoisotopic (exact) mass is 259 g/mol. The molecular weight excluding hydrogens is 242 g/mol. The Labute approximate surface area is 112 Å². The van der Waals surface area contributed by atoms with Gasteiger partial charge in [-0.3, -0.25) is 9.59 Å². The second-order valence-corrected chi connectivity index (χ2v) is 5.52. The summed E-state index contributed by atoms with van der Waals surface area (Å²) >= 11 is 0. The third-order valence-corrected chi connectivity index (χ3v) is 4.25. The first-order valence-corrected chi connectivity index (χ1v) is 6.72. The first-order valence-electron chi connectivity index (χ1n) is 6.72. The standard InChI is InChI=1S/C15H17NO3/c1-9(10-6-7-10)14(17)16-8-12(15(18)19)11-4-2-3-5-13(11)16/h2-5,9-10,12H,6-8H2,1H3,(H,18,19). The van der Waals surface area contributed by atoms with Crippen molar-refractivity contribution in [3.63, 3.8) is 0 Å². The Balaban J connectivity index is 1.91. The number of carboxylic acid groups (broad SMARTS) is 1. The minimum Gasteiger partial charge on any atom is -0.481 e. The van der Waals surface area contributed by atoms with E-state index in [4.69, 9.17) is 0 Å². The van der Waals surface area contributed by atoms with Crippen LogP contribution in [0.25, 0.3) is 0 Å². The van der Waals surface area contributed by atoms with Crippen LogP contribution in [0, 0.1) is 11.8 Å². The van der Waals surface area contributed by atoms with Crippen LogP contribution in [0.15, 0.2) is 24.3 Å². The molecule has 100 valence electrons. The van der Waals surface area contributed by atoms with Gasteiger partial charge >= 0.3 is 5.97 Å². The number of anilines is 1. The normalized spacial score (nSPS) is 23.0. The largest absolute Gasteiger partial charge is 0.481 e. The minimum atomic E-state index is -0.859. The second-order valence-electron chi connectivity index (χ2n) is 5.52. The molecule has 4 heteroatoms. The maximum atomic E-state index is 12.5. The fourth-order valence-corrected chi connectivity index (χ4v) is 2.87. The molecule has 0 aromatic heterocycles. The van der Waals surface area contributed by atoms with Crippen molar-refractivity contribution in [3.8, 4) is 0 Å². The Morgan fingerprint density at radius 1 is 1.32 bits per heavy atom. The molecule has 19 heavy (non-hydrogen) atoms. The summed E-state index contributed by atoms with van der Waals surface area (Å²) in [6.45, 7) is 2.22. The van der Waals surface area contributed by atoms with Gasteiger partial charge in [0.2, 0.25) is 5.91 Å². The number of carbonyl (C=O) groups excluding carboxylic acids is 1. The lowest BCUT2D eigenvalue weighted by Crippen LogP contribution is -2.36. The Morgan fingerprint density at radius 2 is 2.00 bits per heavy atom. The zero-order valence-corrected chi connectivity index (χ0v) is 10.9. The van der Waals surface area contributed by atoms with Crippen LogP contribution >= 0.6 is 0 Å². The zero-order valence-electron chi connectivity index (χ0n) is 10.9. The molecule has 1 N–H and O–H groups in total. The van der Waals surface area contributed by atoms with E-state index < -0.39 is 11.9 Å². The van der Waals surface area contributed by atoms with E-state index >= 15 is 0 Å². The molecule has 2 unspecified atom stereocenters. The van der Waals surface area contributed by atoms with Gasteiger partial charge in [0.05, 0.1) is 0 Å². The lowest BCUT2D eigenvalue weighted by atomic mass is 10.0. The fourth-order valence-electron chi connectivity index (χ4n) is 2.87. The van der Waals surface area contributed by atoms with Crippen LogP contribution in [0.2, 0.25) is 0 Å². The van der Waals surface area contributed by atoms with Crippen LogP contribution in [0.5, 0.6) is 0 Å². The van der Waals surface area contributed by atoms with Crippen molar-refractivity contribution in [2.75, 3.05) is 11.4 Å². The molecule has 1 aliphatic heterocycles. The minimum absolute atomic E-state index is 0.000557. The zero-order chi connectivity index (χ0) is 13.6. The Kier molecular flexibility index (Phi) is 2.81. The first kappa shape index (κ1) is 12.2. The van der Waals surface area contributed by atoms with Crippen LogP contribution in [-0.4, -0.2) is 23.5 Å². The van der Waals surface area contributed by atoms with Crippen molar-refractivity contribution in [2.24, 2.45) is 11.8 Å². The third-order valence-electron chi connectivity index (χ3n) is 4.25. The highest BCUT2D eigenvalue weighted by molar-refractivity contribution is 6.00. The molecule has 3 rings (SSSR count). The number of benzene rings is 1. The summed E-state index contributed by atoms with van der Waals surface area (Å²) in [6.07, 6.45) is 2.23. The van der Waals surface area contributed by atoms with Gasteiger partial charge in [-0.2, -0.15) is 0 Å². The number of aliphatic carboxylic acids is 1. The summed E-state index contributed by atoms with van der Waals surface area (Å²) < 4.78 is 0. The van der Waals surface area contributed by atoms with Crippen molar-refractivity contribution in [1.29, 1.82) is 0 Å². The molecular formula is C15H17NO3. The molecule has 1 aliphatic carbocycles. The number of carboxylic acids is 1. The Hall–Kier alpha value is -1.84. The molecule has 1 fully saturated rings.